The molecular weight excluding hydrogens is 308 g/mol. The van der Waals surface area contributed by atoms with Gasteiger partial charge < -0.3 is 15.0 Å². The second-order valence-electron chi connectivity index (χ2n) is 6.54. The number of nitrogens with one attached hydrogen (secondary N) is 2. The number of carbonyl (C=O) groups is 2. The minimum Gasteiger partial charge on any atom is -0.376 e. The average Bonchev–Trinajstić information content (AvgIpc) is 3.26. The van der Waals surface area contributed by atoms with Crippen LogP contribution in [0.1, 0.15) is 60.8 Å². The molecule has 0 spiro atoms. The van der Waals surface area contributed by atoms with Crippen LogP contribution in [0.3, 0.4) is 0 Å². The minimum absolute atomic E-state index is 0.107. The number of aromatic amines is 1. The van der Waals surface area contributed by atoms with Gasteiger partial charge in [-0.25, -0.2) is 0 Å². The Morgan fingerprint density at radius 3 is 3.08 bits per heavy atom. The molecule has 7 heteroatoms. The average molecular weight is 334 g/mol. The number of unbranched alkanes of at least 4 members (excludes halogenated alkanes) is 1. The summed E-state index contributed by atoms with van der Waals surface area (Å²) in [4.78, 5) is 26.5. The number of aromatic nitrogens is 2. The molecule has 1 aromatic heterocycles. The molecule has 0 radical (unpaired) electrons. The zero-order chi connectivity index (χ0) is 16.9. The van der Waals surface area contributed by atoms with E-state index in [1.165, 1.54) is 0 Å². The highest BCUT2D eigenvalue weighted by molar-refractivity contribution is 5.94. The third kappa shape index (κ3) is 3.77. The summed E-state index contributed by atoms with van der Waals surface area (Å²) in [6.45, 7) is 4.52. The zero-order valence-electron chi connectivity index (χ0n) is 14.3. The van der Waals surface area contributed by atoms with Crippen molar-refractivity contribution in [2.75, 3.05) is 19.7 Å². The second kappa shape index (κ2) is 7.79. The SMILES string of the molecule is CCCCC(=O)N1CCc2[nH]nc(C(=O)NCC3CCCO3)c2C1. The van der Waals surface area contributed by atoms with E-state index in [1.54, 1.807) is 0 Å². The fourth-order valence-electron chi connectivity index (χ4n) is 3.28. The van der Waals surface area contributed by atoms with Crippen molar-refractivity contribution in [3.63, 3.8) is 0 Å². The Morgan fingerprint density at radius 2 is 2.33 bits per heavy atom. The quantitative estimate of drug-likeness (QED) is 0.823. The molecule has 1 aromatic rings. The molecule has 0 aromatic carbocycles. The molecule has 3 rings (SSSR count). The highest BCUT2D eigenvalue weighted by Gasteiger charge is 2.28. The lowest BCUT2D eigenvalue weighted by atomic mass is 10.0. The van der Waals surface area contributed by atoms with E-state index in [-0.39, 0.29) is 17.9 Å². The first-order chi connectivity index (χ1) is 11.7. The lowest BCUT2D eigenvalue weighted by Gasteiger charge is -2.27. The standard InChI is InChI=1S/C17H26N4O3/c1-2-3-6-15(22)21-8-7-14-13(11-21)16(20-19-14)17(23)18-10-12-5-4-9-24-12/h12H,2-11H2,1H3,(H,18,23)(H,19,20). The molecule has 7 nitrogen and oxygen atoms in total. The lowest BCUT2D eigenvalue weighted by Crippen LogP contribution is -2.37. The van der Waals surface area contributed by atoms with Gasteiger partial charge >= 0.3 is 0 Å². The fourth-order valence-corrected chi connectivity index (χ4v) is 3.28. The second-order valence-corrected chi connectivity index (χ2v) is 6.54. The van der Waals surface area contributed by atoms with Crippen LogP contribution in [0.4, 0.5) is 0 Å². The molecule has 0 saturated carbocycles. The van der Waals surface area contributed by atoms with Gasteiger partial charge in [-0.2, -0.15) is 5.10 Å². The van der Waals surface area contributed by atoms with E-state index in [4.69, 9.17) is 4.74 Å². The van der Waals surface area contributed by atoms with Crippen molar-refractivity contribution in [3.05, 3.63) is 17.0 Å². The number of hydrogen-bond acceptors (Lipinski definition) is 4. The third-order valence-corrected chi connectivity index (χ3v) is 4.76. The molecule has 1 fully saturated rings. The number of ether oxygens (including phenoxy) is 1. The van der Waals surface area contributed by atoms with Crippen molar-refractivity contribution in [1.82, 2.24) is 20.4 Å². The largest absolute Gasteiger partial charge is 0.376 e. The van der Waals surface area contributed by atoms with Crippen LogP contribution in [0.5, 0.6) is 0 Å². The number of H-pyrrole nitrogens is 1. The van der Waals surface area contributed by atoms with Gasteiger partial charge in [-0.1, -0.05) is 13.3 Å². The maximum atomic E-state index is 12.4. The highest BCUT2D eigenvalue weighted by Crippen LogP contribution is 2.21. The monoisotopic (exact) mass is 334 g/mol. The summed E-state index contributed by atoms with van der Waals surface area (Å²) in [6.07, 6.45) is 5.35. The zero-order valence-corrected chi connectivity index (χ0v) is 14.3. The Hall–Kier alpha value is -1.89. The summed E-state index contributed by atoms with van der Waals surface area (Å²) >= 11 is 0. The predicted octanol–water partition coefficient (Wildman–Crippen LogP) is 1.39. The van der Waals surface area contributed by atoms with Crippen LogP contribution in [-0.2, 0) is 22.5 Å². The smallest absolute Gasteiger partial charge is 0.272 e. The van der Waals surface area contributed by atoms with E-state index in [1.807, 2.05) is 4.90 Å². The van der Waals surface area contributed by atoms with E-state index in [0.29, 0.717) is 31.7 Å². The Balaban J connectivity index is 1.61. The van der Waals surface area contributed by atoms with Gasteiger partial charge in [0.05, 0.1) is 6.10 Å². The van der Waals surface area contributed by atoms with Gasteiger partial charge in [0.15, 0.2) is 5.69 Å². The molecule has 132 valence electrons. The van der Waals surface area contributed by atoms with Gasteiger partial charge in [0.2, 0.25) is 5.91 Å². The van der Waals surface area contributed by atoms with Gasteiger partial charge in [-0.05, 0) is 19.3 Å². The van der Waals surface area contributed by atoms with Crippen molar-refractivity contribution in [2.45, 2.75) is 58.1 Å². The van der Waals surface area contributed by atoms with E-state index < -0.39 is 0 Å². The molecule has 2 aliphatic heterocycles. The maximum absolute atomic E-state index is 12.4. The van der Waals surface area contributed by atoms with Gasteiger partial charge in [-0.15, -0.1) is 0 Å². The van der Waals surface area contributed by atoms with E-state index in [2.05, 4.69) is 22.4 Å². The molecule has 2 N–H and O–H groups in total. The van der Waals surface area contributed by atoms with Gasteiger partial charge in [-0.3, -0.25) is 14.7 Å². The number of amides is 2. The molecule has 0 bridgehead atoms. The predicted molar refractivity (Wildman–Crippen MR) is 88.5 cm³/mol. The first-order valence-corrected chi connectivity index (χ1v) is 8.92. The summed E-state index contributed by atoms with van der Waals surface area (Å²) < 4.78 is 5.52. The number of carbonyl (C=O) groups excluding carboxylic acids is 2. The Morgan fingerprint density at radius 1 is 1.46 bits per heavy atom. The third-order valence-electron chi connectivity index (χ3n) is 4.76. The van der Waals surface area contributed by atoms with E-state index >= 15 is 0 Å². The van der Waals surface area contributed by atoms with Gasteiger partial charge in [0.1, 0.15) is 0 Å². The molecule has 2 aliphatic rings. The topological polar surface area (TPSA) is 87.3 Å². The molecule has 1 unspecified atom stereocenters. The van der Waals surface area contributed by atoms with Crippen LogP contribution in [-0.4, -0.2) is 52.7 Å². The summed E-state index contributed by atoms with van der Waals surface area (Å²) in [6, 6.07) is 0. The molecule has 24 heavy (non-hydrogen) atoms. The number of rotatable bonds is 6. The van der Waals surface area contributed by atoms with Crippen LogP contribution in [0.15, 0.2) is 0 Å². The van der Waals surface area contributed by atoms with Crippen LogP contribution < -0.4 is 5.32 Å². The molecule has 1 atom stereocenters. The van der Waals surface area contributed by atoms with Gasteiger partial charge in [0, 0.05) is 50.3 Å². The molecule has 2 amide bonds. The van der Waals surface area contributed by atoms with Crippen LogP contribution in [0.25, 0.3) is 0 Å². The normalized spacial score (nSPS) is 20.0. The van der Waals surface area contributed by atoms with Crippen molar-refractivity contribution >= 4 is 11.8 Å². The van der Waals surface area contributed by atoms with E-state index in [9.17, 15) is 9.59 Å². The maximum Gasteiger partial charge on any atom is 0.272 e. The van der Waals surface area contributed by atoms with E-state index in [0.717, 1.165) is 50.0 Å². The minimum atomic E-state index is -0.189. The first kappa shape index (κ1) is 17.0. The fraction of sp³-hybridized carbons (Fsp3) is 0.706. The van der Waals surface area contributed by atoms with Gasteiger partial charge in [0.25, 0.3) is 5.91 Å². The lowest BCUT2D eigenvalue weighted by molar-refractivity contribution is -0.132. The van der Waals surface area contributed by atoms with Crippen LogP contribution in [0.2, 0.25) is 0 Å². The summed E-state index contributed by atoms with van der Waals surface area (Å²) in [7, 11) is 0. The summed E-state index contributed by atoms with van der Waals surface area (Å²) in [5, 5.41) is 10.0. The summed E-state index contributed by atoms with van der Waals surface area (Å²) in [5.74, 6) is -0.0275. The number of hydrogen-bond donors (Lipinski definition) is 2. The molecular formula is C17H26N4O3. The molecule has 0 aliphatic carbocycles. The number of fused-ring (bicyclic) bond motifs is 1. The Labute approximate surface area is 142 Å². The van der Waals surface area contributed by atoms with Crippen molar-refractivity contribution < 1.29 is 14.3 Å². The summed E-state index contributed by atoms with van der Waals surface area (Å²) in [5.41, 5.74) is 2.24. The van der Waals surface area contributed by atoms with Crippen molar-refractivity contribution in [3.8, 4) is 0 Å². The first-order valence-electron chi connectivity index (χ1n) is 8.92. The number of nitrogens with zero attached hydrogens (tertiary/aromatic N) is 2. The van der Waals surface area contributed by atoms with Crippen LogP contribution >= 0.6 is 0 Å². The highest BCUT2D eigenvalue weighted by atomic mass is 16.5. The molecule has 3 heterocycles. The Bertz CT molecular complexity index is 593. The van der Waals surface area contributed by atoms with Crippen molar-refractivity contribution in [2.24, 2.45) is 0 Å². The Kier molecular flexibility index (Phi) is 5.50. The molecule has 1 saturated heterocycles. The van der Waals surface area contributed by atoms with Crippen LogP contribution in [0, 0.1) is 0 Å². The van der Waals surface area contributed by atoms with Crippen molar-refractivity contribution in [1.29, 1.82) is 0 Å².